The minimum Gasteiger partial charge on any atom is -0.298 e. The second kappa shape index (κ2) is 56.2. The summed E-state index contributed by atoms with van der Waals surface area (Å²) in [6, 6.07) is 0. The monoisotopic (exact) mass is 1150 g/mol. The molecule has 0 aromatic carbocycles. The summed E-state index contributed by atoms with van der Waals surface area (Å²) in [6.45, 7) is 58.0. The number of aldehydes is 7. The Morgan fingerprint density at radius 2 is 0.928 bits per heavy atom. The lowest BCUT2D eigenvalue weighted by Gasteiger charge is -2.29. The van der Waals surface area contributed by atoms with Crippen LogP contribution in [0.3, 0.4) is 0 Å². The molecule has 2 rings (SSSR count). The van der Waals surface area contributed by atoms with Crippen LogP contribution in [0.1, 0.15) is 277 Å². The molecule has 83 heavy (non-hydrogen) atoms. The largest absolute Gasteiger partial charge is 0.298 e. The maximum absolute atomic E-state index is 10.6. The summed E-state index contributed by atoms with van der Waals surface area (Å²) in [5.74, 6) is 1.92. The van der Waals surface area contributed by atoms with Crippen LogP contribution in [0.4, 0.5) is 0 Å². The zero-order chi connectivity index (χ0) is 64.8. The molecule has 0 saturated heterocycles. The van der Waals surface area contributed by atoms with Crippen molar-refractivity contribution in [2.45, 2.75) is 277 Å². The van der Waals surface area contributed by atoms with Gasteiger partial charge in [0.05, 0.1) is 0 Å². The Balaban J connectivity index is -0.000000286. The average Bonchev–Trinajstić information content (AvgIpc) is 4.04. The SMILES string of the molecule is C=C(C=O)C(C)C1CC=C(C)CC1.C=C(C=O)C(C)CC(C)(C)C.C=C(C=O)C(C)CCC=C(C)C.C=C(C=O)C1CC=C(C)C1(C)C.C=C(C=O)CCCCCC.C=C(C=O)CCCCCCCC.C=C(C=O)CCCCCCCCC. The molecule has 2 aliphatic rings. The first-order valence-corrected chi connectivity index (χ1v) is 31.9. The third kappa shape index (κ3) is 53.6. The van der Waals surface area contributed by atoms with Crippen LogP contribution in [-0.4, -0.2) is 44.0 Å². The number of hydrogen-bond acceptors (Lipinski definition) is 7. The van der Waals surface area contributed by atoms with Gasteiger partial charge in [0.25, 0.3) is 0 Å². The zero-order valence-corrected chi connectivity index (χ0v) is 56.6. The predicted octanol–water partition coefficient (Wildman–Crippen LogP) is 21.9. The molecule has 5 unspecified atom stereocenters. The van der Waals surface area contributed by atoms with Gasteiger partial charge in [-0.15, -0.1) is 0 Å². The lowest BCUT2D eigenvalue weighted by Crippen LogP contribution is -2.22. The van der Waals surface area contributed by atoms with Crippen molar-refractivity contribution in [3.8, 4) is 0 Å². The molecule has 0 aliphatic heterocycles. The molecule has 7 heteroatoms. The highest BCUT2D eigenvalue weighted by Gasteiger charge is 2.36. The molecular formula is C76H128O7. The summed E-state index contributed by atoms with van der Waals surface area (Å²) in [6.07, 6.45) is 44.5. The van der Waals surface area contributed by atoms with E-state index < -0.39 is 0 Å². The fourth-order valence-electron chi connectivity index (χ4n) is 9.16. The van der Waals surface area contributed by atoms with Gasteiger partial charge in [-0.3, -0.25) is 33.6 Å². The zero-order valence-electron chi connectivity index (χ0n) is 56.6. The fourth-order valence-corrected chi connectivity index (χ4v) is 9.16. The maximum atomic E-state index is 10.6. The smallest absolute Gasteiger partial charge is 0.145 e. The predicted molar refractivity (Wildman–Crippen MR) is 363 cm³/mol. The molecule has 5 atom stereocenters. The second-order valence-electron chi connectivity index (χ2n) is 25.5. The van der Waals surface area contributed by atoms with Crippen molar-refractivity contribution < 1.29 is 33.6 Å². The van der Waals surface area contributed by atoms with Crippen LogP contribution in [0, 0.1) is 40.4 Å². The molecule has 474 valence electrons. The molecule has 0 aromatic rings. The quantitative estimate of drug-likeness (QED) is 0.0265. The van der Waals surface area contributed by atoms with Gasteiger partial charge in [-0.25, -0.2) is 0 Å². The number of unbranched alkanes of at least 4 members (excludes halogenated alkanes) is 14. The Bertz CT molecular complexity index is 1970. The standard InChI is InChI=1S/C12H18O.C12H22O.C11H16O.C11H18O.C11H20O.C10H18O.C9H16O/c1-9-4-6-12(7-5-9)11(3)10(2)8-13;1-3-4-5-6-7-8-9-10-12(2)11-13;1-8(7-12)10-6-5-9(2)11(10,3)4;1-9(2)6-5-7-10(3)11(4)8-12;1-3-4-5-6-7-8-9-11(2)10-12;1-8(9(2)7-11)6-10(3,4)5;1-3-4-5-6-7-9(2)8-10/h4,8,11-12H,2,5-7H2,1,3H3;11H,2-10H2,1H3;5,7,10H,1,6H2,2-4H3;6,8,10H,4-5,7H2,1-3H3;10H,2-9H2,1H3;7-8H,2,6H2,1,3-5H3;8H,2-7H2,1H3. The van der Waals surface area contributed by atoms with Gasteiger partial charge in [-0.2, -0.15) is 0 Å². The average molecular weight is 1150 g/mol. The summed E-state index contributed by atoms with van der Waals surface area (Å²) in [5, 5.41) is 0. The van der Waals surface area contributed by atoms with Crippen molar-refractivity contribution in [1.29, 1.82) is 0 Å². The molecule has 0 aromatic heterocycles. The Kier molecular flexibility index (Phi) is 58.9. The first-order chi connectivity index (χ1) is 39.0. The van der Waals surface area contributed by atoms with Crippen LogP contribution in [0.5, 0.6) is 0 Å². The number of rotatable bonds is 36. The van der Waals surface area contributed by atoms with Crippen LogP contribution in [0.25, 0.3) is 0 Å². The van der Waals surface area contributed by atoms with Crippen molar-refractivity contribution in [3.63, 3.8) is 0 Å². The lowest BCUT2D eigenvalue weighted by molar-refractivity contribution is -0.106. The van der Waals surface area contributed by atoms with Gasteiger partial charge in [0.2, 0.25) is 0 Å². The van der Waals surface area contributed by atoms with Crippen molar-refractivity contribution in [2.24, 2.45) is 40.4 Å². The van der Waals surface area contributed by atoms with E-state index in [1.165, 1.54) is 119 Å². The number of carbonyl (C=O) groups excluding carboxylic acids is 7. The van der Waals surface area contributed by atoms with E-state index in [9.17, 15) is 33.6 Å². The van der Waals surface area contributed by atoms with Crippen LogP contribution < -0.4 is 0 Å². The van der Waals surface area contributed by atoms with E-state index in [-0.39, 0.29) is 10.8 Å². The summed E-state index contributed by atoms with van der Waals surface area (Å²) in [4.78, 5) is 72.2. The number of allylic oxidation sites excluding steroid dienone is 13. The molecule has 0 radical (unpaired) electrons. The Labute approximate surface area is 512 Å². The van der Waals surface area contributed by atoms with E-state index in [2.05, 4.69) is 154 Å². The van der Waals surface area contributed by atoms with E-state index in [0.29, 0.717) is 40.7 Å². The van der Waals surface area contributed by atoms with Crippen molar-refractivity contribution in [2.75, 3.05) is 0 Å². The maximum Gasteiger partial charge on any atom is 0.145 e. The molecular weight excluding hydrogens is 1020 g/mol. The molecule has 0 amide bonds. The normalized spacial score (nSPS) is 15.4. The van der Waals surface area contributed by atoms with Crippen LogP contribution >= 0.6 is 0 Å². The van der Waals surface area contributed by atoms with E-state index >= 15 is 0 Å². The molecule has 0 heterocycles. The fraction of sp³-hybridized carbons (Fsp3) is 0.645. The molecule has 2 aliphatic carbocycles. The molecule has 0 saturated carbocycles. The Morgan fingerprint density at radius 1 is 0.542 bits per heavy atom. The van der Waals surface area contributed by atoms with E-state index in [4.69, 9.17) is 0 Å². The minimum atomic E-state index is 0.123. The highest BCUT2D eigenvalue weighted by atomic mass is 16.1. The van der Waals surface area contributed by atoms with E-state index in [1.807, 2.05) is 13.8 Å². The first-order valence-electron chi connectivity index (χ1n) is 31.9. The third-order valence-corrected chi connectivity index (χ3v) is 15.7. The summed E-state index contributed by atoms with van der Waals surface area (Å²) in [7, 11) is 0. The summed E-state index contributed by atoms with van der Waals surface area (Å²) < 4.78 is 0. The summed E-state index contributed by atoms with van der Waals surface area (Å²) in [5.41, 5.74) is 9.71. The summed E-state index contributed by atoms with van der Waals surface area (Å²) >= 11 is 0. The molecule has 7 nitrogen and oxygen atoms in total. The van der Waals surface area contributed by atoms with Gasteiger partial charge < -0.3 is 0 Å². The van der Waals surface area contributed by atoms with Gasteiger partial charge in [0.1, 0.15) is 44.0 Å². The van der Waals surface area contributed by atoms with Crippen molar-refractivity contribution in [1.82, 2.24) is 0 Å². The van der Waals surface area contributed by atoms with Gasteiger partial charge >= 0.3 is 0 Å². The highest BCUT2D eigenvalue weighted by molar-refractivity contribution is 5.75. The topological polar surface area (TPSA) is 119 Å². The van der Waals surface area contributed by atoms with Gasteiger partial charge in [-0.1, -0.05) is 247 Å². The van der Waals surface area contributed by atoms with Crippen molar-refractivity contribution in [3.05, 3.63) is 120 Å². The minimum absolute atomic E-state index is 0.123. The van der Waals surface area contributed by atoms with E-state index in [1.54, 1.807) is 0 Å². The number of hydrogen-bond donors (Lipinski definition) is 0. The molecule has 0 N–H and O–H groups in total. The third-order valence-electron chi connectivity index (χ3n) is 15.7. The van der Waals surface area contributed by atoms with E-state index in [0.717, 1.165) is 142 Å². The lowest BCUT2D eigenvalue weighted by atomic mass is 9.75. The van der Waals surface area contributed by atoms with Crippen LogP contribution in [0.2, 0.25) is 0 Å². The van der Waals surface area contributed by atoms with Crippen LogP contribution in [0.15, 0.2) is 120 Å². The second-order valence-corrected chi connectivity index (χ2v) is 25.5. The van der Waals surface area contributed by atoms with Gasteiger partial charge in [0, 0.05) is 0 Å². The van der Waals surface area contributed by atoms with Crippen molar-refractivity contribution >= 4 is 44.0 Å². The number of carbonyl (C=O) groups is 7. The molecule has 0 fully saturated rings. The van der Waals surface area contributed by atoms with Crippen LogP contribution in [-0.2, 0) is 33.6 Å². The molecule has 0 spiro atoms. The van der Waals surface area contributed by atoms with Gasteiger partial charge in [0.15, 0.2) is 0 Å². The highest BCUT2D eigenvalue weighted by Crippen LogP contribution is 2.45. The first kappa shape index (κ1) is 86.9. The Morgan fingerprint density at radius 3 is 1.24 bits per heavy atom. The van der Waals surface area contributed by atoms with Gasteiger partial charge in [-0.05, 0) is 191 Å². The Hall–Kier alpha value is -4.91. The molecule has 0 bridgehead atoms.